The standard InChI is InChI=1S/C21H17N3O4SSe/c1-29(27,28)23-16-8-6-14(7-9-16)20(25)22-15-10-12-17(13-11-15)24-21(26)18-4-2-3-5-19(18)30-24/h2-13,23H,1H3,(H,22,25). The van der Waals surface area contributed by atoms with Crippen molar-refractivity contribution in [3.8, 4) is 5.69 Å². The zero-order chi connectivity index (χ0) is 21.3. The molecule has 0 spiro atoms. The van der Waals surface area contributed by atoms with Gasteiger partial charge in [0.05, 0.1) is 6.26 Å². The molecule has 1 heterocycles. The Hall–Kier alpha value is -3.13. The summed E-state index contributed by atoms with van der Waals surface area (Å²) < 4.78 is 27.7. The number of nitrogens with zero attached hydrogens (tertiary/aromatic N) is 1. The van der Waals surface area contributed by atoms with Crippen molar-refractivity contribution >= 4 is 51.7 Å². The third-order valence-corrected chi connectivity index (χ3v) is 7.24. The normalized spacial score (nSPS) is 11.4. The predicted octanol–water partition coefficient (Wildman–Crippen LogP) is 2.67. The van der Waals surface area contributed by atoms with Crippen LogP contribution in [0.15, 0.2) is 77.6 Å². The predicted molar refractivity (Wildman–Crippen MR) is 119 cm³/mol. The number of rotatable bonds is 5. The van der Waals surface area contributed by atoms with Crippen LogP contribution in [0, 0.1) is 0 Å². The summed E-state index contributed by atoms with van der Waals surface area (Å²) in [5, 5.41) is 3.54. The molecule has 0 bridgehead atoms. The van der Waals surface area contributed by atoms with Crippen LogP contribution in [0.5, 0.6) is 0 Å². The molecule has 0 aliphatic rings. The van der Waals surface area contributed by atoms with Gasteiger partial charge in [-0.2, -0.15) is 0 Å². The van der Waals surface area contributed by atoms with E-state index in [2.05, 4.69) is 10.0 Å². The Bertz CT molecular complexity index is 1390. The maximum absolute atomic E-state index is 12.6. The number of hydrogen-bond acceptors (Lipinski definition) is 4. The molecule has 152 valence electrons. The maximum atomic E-state index is 12.6. The van der Waals surface area contributed by atoms with Crippen molar-refractivity contribution in [2.45, 2.75) is 0 Å². The summed E-state index contributed by atoms with van der Waals surface area (Å²) in [6.07, 6.45) is 1.06. The van der Waals surface area contributed by atoms with E-state index in [9.17, 15) is 18.0 Å². The molecular formula is C21H17N3O4SSe. The fourth-order valence-electron chi connectivity index (χ4n) is 2.93. The number of sulfonamides is 1. The molecule has 0 radical (unpaired) electrons. The van der Waals surface area contributed by atoms with E-state index >= 15 is 0 Å². The Morgan fingerprint density at radius 2 is 1.53 bits per heavy atom. The Balaban J connectivity index is 1.50. The van der Waals surface area contributed by atoms with E-state index in [1.165, 1.54) is 12.1 Å². The fourth-order valence-corrected chi connectivity index (χ4v) is 5.59. The van der Waals surface area contributed by atoms with Crippen molar-refractivity contribution in [3.63, 3.8) is 0 Å². The quantitative estimate of drug-likeness (QED) is 0.424. The number of carbonyl (C=O) groups is 1. The van der Waals surface area contributed by atoms with Gasteiger partial charge in [0.25, 0.3) is 0 Å². The number of hydrogen-bond donors (Lipinski definition) is 2. The number of nitrogens with one attached hydrogen (secondary N) is 2. The van der Waals surface area contributed by atoms with Gasteiger partial charge in [-0.15, -0.1) is 0 Å². The zero-order valence-corrected chi connectivity index (χ0v) is 18.4. The number of anilines is 2. The minimum absolute atomic E-state index is 0.00909. The van der Waals surface area contributed by atoms with Crippen LogP contribution in [0.1, 0.15) is 10.4 Å². The average molecular weight is 486 g/mol. The number of aromatic nitrogens is 1. The number of benzene rings is 3. The molecular weight excluding hydrogens is 469 g/mol. The summed E-state index contributed by atoms with van der Waals surface area (Å²) in [6, 6.07) is 20.8. The first-order valence-corrected chi connectivity index (χ1v) is 12.4. The van der Waals surface area contributed by atoms with Gasteiger partial charge in [-0.25, -0.2) is 8.42 Å². The van der Waals surface area contributed by atoms with Gasteiger partial charge >= 0.3 is 154 Å². The molecule has 1 amide bonds. The molecule has 2 N–H and O–H groups in total. The zero-order valence-electron chi connectivity index (χ0n) is 15.8. The molecule has 0 aliphatic carbocycles. The van der Waals surface area contributed by atoms with Gasteiger partial charge in [0.1, 0.15) is 0 Å². The molecule has 4 aromatic rings. The van der Waals surface area contributed by atoms with E-state index in [1.54, 1.807) is 40.0 Å². The van der Waals surface area contributed by atoms with Crippen LogP contribution in [0.2, 0.25) is 0 Å². The van der Waals surface area contributed by atoms with Gasteiger partial charge in [-0.05, 0) is 0 Å². The molecule has 0 saturated heterocycles. The van der Waals surface area contributed by atoms with Crippen LogP contribution < -0.4 is 15.6 Å². The molecule has 0 fully saturated rings. The molecule has 4 rings (SSSR count). The summed E-state index contributed by atoms with van der Waals surface area (Å²) in [7, 11) is -3.37. The fraction of sp³-hybridized carbons (Fsp3) is 0.0476. The van der Waals surface area contributed by atoms with E-state index in [0.717, 1.165) is 21.6 Å². The Morgan fingerprint density at radius 1 is 0.900 bits per heavy atom. The third kappa shape index (κ3) is 4.38. The van der Waals surface area contributed by atoms with Crippen LogP contribution in [0.4, 0.5) is 11.4 Å². The van der Waals surface area contributed by atoms with Crippen LogP contribution >= 0.6 is 0 Å². The molecule has 3 aromatic carbocycles. The topological polar surface area (TPSA) is 97.3 Å². The average Bonchev–Trinajstić information content (AvgIpc) is 3.05. The van der Waals surface area contributed by atoms with Crippen molar-refractivity contribution in [1.82, 2.24) is 3.56 Å². The Morgan fingerprint density at radius 3 is 2.17 bits per heavy atom. The SMILES string of the molecule is CS(=O)(=O)Nc1ccc(C(=O)Nc2ccc(-n3[se]c4ccccc4c3=O)cc2)cc1. The van der Waals surface area contributed by atoms with Crippen LogP contribution in [-0.2, 0) is 10.0 Å². The third-order valence-electron chi connectivity index (χ3n) is 4.30. The number of amides is 1. The first-order valence-electron chi connectivity index (χ1n) is 8.91. The summed E-state index contributed by atoms with van der Waals surface area (Å²) in [6.45, 7) is 0. The van der Waals surface area contributed by atoms with Gasteiger partial charge in [0.15, 0.2) is 0 Å². The molecule has 7 nitrogen and oxygen atoms in total. The number of fused-ring (bicyclic) bond motifs is 1. The molecule has 0 aliphatic heterocycles. The van der Waals surface area contributed by atoms with Gasteiger partial charge < -0.3 is 0 Å². The summed E-state index contributed by atoms with van der Waals surface area (Å²) in [5.74, 6) is -0.317. The summed E-state index contributed by atoms with van der Waals surface area (Å²) >= 11 is -0.111. The van der Waals surface area contributed by atoms with Gasteiger partial charge in [0.2, 0.25) is 10.0 Å². The molecule has 30 heavy (non-hydrogen) atoms. The monoisotopic (exact) mass is 487 g/mol. The van der Waals surface area contributed by atoms with E-state index in [4.69, 9.17) is 0 Å². The second-order valence-electron chi connectivity index (χ2n) is 6.64. The minimum atomic E-state index is -3.37. The van der Waals surface area contributed by atoms with Crippen molar-refractivity contribution < 1.29 is 13.2 Å². The first-order chi connectivity index (χ1) is 14.3. The second-order valence-corrected chi connectivity index (χ2v) is 10.5. The van der Waals surface area contributed by atoms with E-state index in [1.807, 2.05) is 24.3 Å². The van der Waals surface area contributed by atoms with Crippen molar-refractivity contribution in [1.29, 1.82) is 0 Å². The second kappa shape index (κ2) is 7.95. The van der Waals surface area contributed by atoms with Crippen LogP contribution in [0.3, 0.4) is 0 Å². The number of carbonyl (C=O) groups excluding carboxylic acids is 1. The van der Waals surface area contributed by atoms with Crippen LogP contribution in [-0.4, -0.2) is 38.9 Å². The van der Waals surface area contributed by atoms with Crippen molar-refractivity contribution in [2.24, 2.45) is 0 Å². The first kappa shape index (κ1) is 20.2. The van der Waals surface area contributed by atoms with E-state index in [-0.39, 0.29) is 26.2 Å². The molecule has 1 aromatic heterocycles. The molecule has 0 atom stereocenters. The van der Waals surface area contributed by atoms with E-state index in [0.29, 0.717) is 16.9 Å². The Labute approximate surface area is 179 Å². The summed E-state index contributed by atoms with van der Waals surface area (Å²) in [5.41, 5.74) is 2.15. The molecule has 0 saturated carbocycles. The molecule has 9 heteroatoms. The van der Waals surface area contributed by atoms with Gasteiger partial charge in [0, 0.05) is 0 Å². The summed E-state index contributed by atoms with van der Waals surface area (Å²) in [4.78, 5) is 25.0. The van der Waals surface area contributed by atoms with Gasteiger partial charge in [-0.1, -0.05) is 0 Å². The van der Waals surface area contributed by atoms with Crippen LogP contribution in [0.25, 0.3) is 15.3 Å². The van der Waals surface area contributed by atoms with Crippen molar-refractivity contribution in [2.75, 3.05) is 16.3 Å². The van der Waals surface area contributed by atoms with Crippen molar-refractivity contribution in [3.05, 3.63) is 88.7 Å². The van der Waals surface area contributed by atoms with Gasteiger partial charge in [-0.3, -0.25) is 0 Å². The van der Waals surface area contributed by atoms with E-state index < -0.39 is 10.0 Å². The molecule has 0 unspecified atom stereocenters. The Kier molecular flexibility index (Phi) is 5.34.